The topological polar surface area (TPSA) is 72.0 Å². The second-order valence-corrected chi connectivity index (χ2v) is 1.89. The first-order valence-corrected chi connectivity index (χ1v) is 3.41. The lowest BCUT2D eigenvalue weighted by Crippen LogP contribution is -2.12. The van der Waals surface area contributed by atoms with Crippen molar-refractivity contribution in [2.45, 2.75) is 26.2 Å². The minimum atomic E-state index is 0.785. The standard InChI is InChI=1S/C5H14N4O/c1-2-3-4-5-7-10-9-8-6/h7H,2-5H2,1H3,(H2,6,9). The van der Waals surface area contributed by atoms with Crippen molar-refractivity contribution in [2.24, 2.45) is 16.3 Å². The van der Waals surface area contributed by atoms with Crippen LogP contribution in [0.25, 0.3) is 0 Å². The zero-order chi connectivity index (χ0) is 7.66. The van der Waals surface area contributed by atoms with Crippen LogP contribution in [0, 0.1) is 0 Å². The third-order valence-corrected chi connectivity index (χ3v) is 1.03. The molecule has 0 aromatic carbocycles. The molecule has 0 saturated carbocycles. The van der Waals surface area contributed by atoms with Crippen molar-refractivity contribution in [3.8, 4) is 0 Å². The molecule has 0 aliphatic carbocycles. The number of nitrogens with zero attached hydrogens (tertiary/aromatic N) is 2. The summed E-state index contributed by atoms with van der Waals surface area (Å²) in [4.78, 5) is 4.41. The molecule has 0 bridgehead atoms. The van der Waals surface area contributed by atoms with Gasteiger partial charge in [0.1, 0.15) is 0 Å². The molecule has 0 unspecified atom stereocenters. The number of rotatable bonds is 6. The molecule has 0 rings (SSSR count). The van der Waals surface area contributed by atoms with Gasteiger partial charge in [0.25, 0.3) is 0 Å². The monoisotopic (exact) mass is 146 g/mol. The van der Waals surface area contributed by atoms with Gasteiger partial charge in [-0.25, -0.2) is 0 Å². The summed E-state index contributed by atoms with van der Waals surface area (Å²) in [6, 6.07) is 0. The highest BCUT2D eigenvalue weighted by molar-refractivity contribution is 4.36. The number of hydrogen-bond acceptors (Lipinski definition) is 4. The van der Waals surface area contributed by atoms with Crippen LogP contribution >= 0.6 is 0 Å². The van der Waals surface area contributed by atoms with Crippen LogP contribution in [0.15, 0.2) is 10.5 Å². The van der Waals surface area contributed by atoms with Crippen LogP contribution in [0.1, 0.15) is 26.2 Å². The van der Waals surface area contributed by atoms with Gasteiger partial charge in [-0.15, -0.1) is 5.48 Å². The molecule has 60 valence electrons. The summed E-state index contributed by atoms with van der Waals surface area (Å²) in [5.41, 5.74) is 2.58. The Labute approximate surface area is 60.5 Å². The van der Waals surface area contributed by atoms with Crippen LogP contribution in [0.5, 0.6) is 0 Å². The fourth-order valence-corrected chi connectivity index (χ4v) is 0.545. The van der Waals surface area contributed by atoms with E-state index >= 15 is 0 Å². The predicted molar refractivity (Wildman–Crippen MR) is 37.7 cm³/mol. The fraction of sp³-hybridized carbons (Fsp3) is 1.00. The van der Waals surface area contributed by atoms with E-state index in [4.69, 9.17) is 0 Å². The van der Waals surface area contributed by atoms with E-state index in [0.717, 1.165) is 13.0 Å². The smallest absolute Gasteiger partial charge is 0.0671 e. The zero-order valence-electron chi connectivity index (χ0n) is 6.21. The van der Waals surface area contributed by atoms with E-state index in [9.17, 15) is 0 Å². The Morgan fingerprint density at radius 1 is 1.50 bits per heavy atom. The van der Waals surface area contributed by atoms with E-state index in [2.05, 4.69) is 33.7 Å². The van der Waals surface area contributed by atoms with Crippen LogP contribution in [0.4, 0.5) is 0 Å². The third-order valence-electron chi connectivity index (χ3n) is 1.03. The first-order valence-electron chi connectivity index (χ1n) is 3.41. The van der Waals surface area contributed by atoms with Crippen molar-refractivity contribution >= 4 is 0 Å². The molecule has 0 fully saturated rings. The Morgan fingerprint density at radius 3 is 2.90 bits per heavy atom. The number of nitrogens with two attached hydrogens (primary N) is 1. The van der Waals surface area contributed by atoms with Crippen molar-refractivity contribution in [1.82, 2.24) is 5.48 Å². The molecule has 0 aliphatic rings. The first-order chi connectivity index (χ1) is 4.91. The third kappa shape index (κ3) is 7.16. The summed E-state index contributed by atoms with van der Waals surface area (Å²) in [6.07, 6.45) is 3.47. The highest BCUT2D eigenvalue weighted by Crippen LogP contribution is 1.90. The molecule has 5 heteroatoms. The Morgan fingerprint density at radius 2 is 2.30 bits per heavy atom. The molecular weight excluding hydrogens is 132 g/mol. The van der Waals surface area contributed by atoms with Crippen molar-refractivity contribution in [3.63, 3.8) is 0 Å². The molecule has 0 aromatic heterocycles. The molecule has 0 radical (unpaired) electrons. The van der Waals surface area contributed by atoms with Crippen LogP contribution in [0.2, 0.25) is 0 Å². The van der Waals surface area contributed by atoms with Crippen LogP contribution in [-0.4, -0.2) is 6.54 Å². The van der Waals surface area contributed by atoms with Crippen LogP contribution < -0.4 is 11.3 Å². The summed E-state index contributed by atoms with van der Waals surface area (Å²) in [5.74, 6) is 4.66. The number of nitrogens with one attached hydrogen (secondary N) is 1. The largest absolute Gasteiger partial charge is 0.302 e. The Hall–Kier alpha value is -0.840. The summed E-state index contributed by atoms with van der Waals surface area (Å²) in [7, 11) is 0. The lowest BCUT2D eigenvalue weighted by atomic mass is 10.3. The molecule has 5 nitrogen and oxygen atoms in total. The molecule has 0 heterocycles. The zero-order valence-corrected chi connectivity index (χ0v) is 6.21. The molecule has 0 amide bonds. The summed E-state index contributed by atoms with van der Waals surface area (Å²) >= 11 is 0. The molecular formula is C5H14N4O. The first kappa shape index (κ1) is 9.16. The fourth-order valence-electron chi connectivity index (χ4n) is 0.545. The predicted octanol–water partition coefficient (Wildman–Crippen LogP) is 0.939. The maximum absolute atomic E-state index is 4.66. The van der Waals surface area contributed by atoms with E-state index in [1.54, 1.807) is 0 Å². The van der Waals surface area contributed by atoms with Crippen molar-refractivity contribution in [2.75, 3.05) is 6.54 Å². The summed E-state index contributed by atoms with van der Waals surface area (Å²) in [5, 5.41) is 5.95. The van der Waals surface area contributed by atoms with Gasteiger partial charge in [-0.1, -0.05) is 19.8 Å². The molecule has 3 N–H and O–H groups in total. The van der Waals surface area contributed by atoms with Gasteiger partial charge >= 0.3 is 0 Å². The molecule has 0 aromatic rings. The van der Waals surface area contributed by atoms with E-state index in [0.29, 0.717) is 0 Å². The number of hydroxylamine groups is 1. The molecule has 0 saturated heterocycles. The number of unbranched alkanes of at least 4 members (excludes halogenated alkanes) is 2. The minimum absolute atomic E-state index is 0.785. The Kier molecular flexibility index (Phi) is 7.47. The van der Waals surface area contributed by atoms with Crippen LogP contribution in [0.3, 0.4) is 0 Å². The second kappa shape index (κ2) is 8.16. The van der Waals surface area contributed by atoms with E-state index in [-0.39, 0.29) is 0 Å². The van der Waals surface area contributed by atoms with Gasteiger partial charge in [0.2, 0.25) is 0 Å². The molecule has 0 aliphatic heterocycles. The lowest BCUT2D eigenvalue weighted by Gasteiger charge is -1.97. The van der Waals surface area contributed by atoms with Gasteiger partial charge in [-0.3, -0.25) is 4.94 Å². The normalized spacial score (nSPS) is 10.5. The van der Waals surface area contributed by atoms with Gasteiger partial charge < -0.3 is 5.84 Å². The average Bonchev–Trinajstić information content (AvgIpc) is 1.97. The quantitative estimate of drug-likeness (QED) is 0.253. The highest BCUT2D eigenvalue weighted by atomic mass is 16.8. The van der Waals surface area contributed by atoms with E-state index in [1.807, 2.05) is 0 Å². The second-order valence-electron chi connectivity index (χ2n) is 1.89. The van der Waals surface area contributed by atoms with Gasteiger partial charge in [-0.05, 0) is 11.6 Å². The summed E-state index contributed by atoms with van der Waals surface area (Å²) in [6.45, 7) is 2.92. The van der Waals surface area contributed by atoms with Gasteiger partial charge in [0.05, 0.1) is 5.28 Å². The van der Waals surface area contributed by atoms with Gasteiger partial charge in [-0.2, -0.15) is 0 Å². The minimum Gasteiger partial charge on any atom is -0.302 e. The Balaban J connectivity index is 2.77. The Bertz CT molecular complexity index is 85.7. The molecule has 0 atom stereocenters. The van der Waals surface area contributed by atoms with Crippen molar-refractivity contribution in [3.05, 3.63) is 0 Å². The maximum Gasteiger partial charge on any atom is 0.0671 e. The van der Waals surface area contributed by atoms with Gasteiger partial charge in [0.15, 0.2) is 0 Å². The van der Waals surface area contributed by atoms with Gasteiger partial charge in [0, 0.05) is 6.54 Å². The van der Waals surface area contributed by atoms with Crippen LogP contribution in [-0.2, 0) is 4.94 Å². The van der Waals surface area contributed by atoms with Crippen molar-refractivity contribution in [1.29, 1.82) is 0 Å². The SMILES string of the molecule is CCCCCNON=NN. The highest BCUT2D eigenvalue weighted by Gasteiger charge is 1.84. The van der Waals surface area contributed by atoms with Crippen molar-refractivity contribution < 1.29 is 4.94 Å². The molecule has 0 spiro atoms. The number of hydrogen-bond donors (Lipinski definition) is 2. The lowest BCUT2D eigenvalue weighted by molar-refractivity contribution is 0.0288. The van der Waals surface area contributed by atoms with E-state index < -0.39 is 0 Å². The maximum atomic E-state index is 4.66. The van der Waals surface area contributed by atoms with E-state index in [1.165, 1.54) is 12.8 Å². The average molecular weight is 146 g/mol. The molecule has 10 heavy (non-hydrogen) atoms. The summed E-state index contributed by atoms with van der Waals surface area (Å²) < 4.78 is 0.